The van der Waals surface area contributed by atoms with Crippen LogP contribution in [0.1, 0.15) is 13.3 Å². The molecule has 0 saturated carbocycles. The summed E-state index contributed by atoms with van der Waals surface area (Å²) in [5, 5.41) is 21.9. The highest BCUT2D eigenvalue weighted by molar-refractivity contribution is 6.30. The van der Waals surface area contributed by atoms with Gasteiger partial charge in [0, 0.05) is 19.3 Å². The van der Waals surface area contributed by atoms with Gasteiger partial charge in [0.25, 0.3) is 0 Å². The van der Waals surface area contributed by atoms with E-state index in [2.05, 4.69) is 15.5 Å². The molecule has 2 rings (SSSR count). The first-order valence-electron chi connectivity index (χ1n) is 7.08. The number of halogens is 1. The number of amides is 1. The molecule has 0 fully saturated rings. The number of hydrogen-bond acceptors (Lipinski definition) is 5. The standard InChI is InChI=1S/C13H17ClN6O3/c1-10(7-19-9-12(6-17-19)20(22)23)13(21)15-3-2-4-18-8-11(14)5-16-18/h5-6,8-10H,2-4,7H2,1H3,(H,15,21). The van der Waals surface area contributed by atoms with Gasteiger partial charge in [0.2, 0.25) is 5.91 Å². The number of carbonyl (C=O) groups excluding carboxylic acids is 1. The van der Waals surface area contributed by atoms with E-state index >= 15 is 0 Å². The molecule has 124 valence electrons. The number of aryl methyl sites for hydroxylation is 1. The van der Waals surface area contributed by atoms with E-state index in [4.69, 9.17) is 11.6 Å². The molecule has 0 aliphatic rings. The normalized spacial score (nSPS) is 12.1. The summed E-state index contributed by atoms with van der Waals surface area (Å²) in [6.07, 6.45) is 6.48. The van der Waals surface area contributed by atoms with Gasteiger partial charge in [0.15, 0.2) is 0 Å². The molecular weight excluding hydrogens is 324 g/mol. The van der Waals surface area contributed by atoms with Crippen LogP contribution in [-0.2, 0) is 17.9 Å². The summed E-state index contributed by atoms with van der Waals surface area (Å²) in [5.41, 5.74) is -0.0875. The number of nitrogens with zero attached hydrogens (tertiary/aromatic N) is 5. The smallest absolute Gasteiger partial charge is 0.306 e. The number of aromatic nitrogens is 4. The van der Waals surface area contributed by atoms with E-state index in [0.717, 1.165) is 6.42 Å². The summed E-state index contributed by atoms with van der Waals surface area (Å²) in [6, 6.07) is 0. The van der Waals surface area contributed by atoms with Crippen molar-refractivity contribution in [2.45, 2.75) is 26.4 Å². The fraction of sp³-hybridized carbons (Fsp3) is 0.462. The highest BCUT2D eigenvalue weighted by atomic mass is 35.5. The van der Waals surface area contributed by atoms with Crippen molar-refractivity contribution in [3.63, 3.8) is 0 Å². The summed E-state index contributed by atoms with van der Waals surface area (Å²) < 4.78 is 3.11. The Balaban J connectivity index is 1.70. The molecule has 1 amide bonds. The van der Waals surface area contributed by atoms with Crippen LogP contribution >= 0.6 is 11.6 Å². The van der Waals surface area contributed by atoms with Gasteiger partial charge in [-0.25, -0.2) is 0 Å². The summed E-state index contributed by atoms with van der Waals surface area (Å²) in [5.74, 6) is -0.463. The summed E-state index contributed by atoms with van der Waals surface area (Å²) in [4.78, 5) is 22.0. The molecule has 0 saturated heterocycles. The maximum atomic E-state index is 12.0. The minimum Gasteiger partial charge on any atom is -0.356 e. The summed E-state index contributed by atoms with van der Waals surface area (Å²) in [6.45, 7) is 3.21. The molecule has 0 aliphatic carbocycles. The molecule has 10 heteroatoms. The van der Waals surface area contributed by atoms with Gasteiger partial charge in [-0.05, 0) is 6.42 Å². The second-order valence-electron chi connectivity index (χ2n) is 5.14. The monoisotopic (exact) mass is 340 g/mol. The molecule has 0 spiro atoms. The molecule has 0 radical (unpaired) electrons. The fourth-order valence-corrected chi connectivity index (χ4v) is 2.15. The second kappa shape index (κ2) is 7.73. The first-order chi connectivity index (χ1) is 11.0. The molecule has 23 heavy (non-hydrogen) atoms. The van der Waals surface area contributed by atoms with Gasteiger partial charge in [0.1, 0.15) is 12.4 Å². The summed E-state index contributed by atoms with van der Waals surface area (Å²) in [7, 11) is 0. The zero-order chi connectivity index (χ0) is 16.8. The zero-order valence-corrected chi connectivity index (χ0v) is 13.3. The van der Waals surface area contributed by atoms with Gasteiger partial charge in [-0.3, -0.25) is 24.3 Å². The van der Waals surface area contributed by atoms with E-state index in [-0.39, 0.29) is 24.1 Å². The average molecular weight is 341 g/mol. The minimum absolute atomic E-state index is 0.0875. The van der Waals surface area contributed by atoms with Crippen molar-refractivity contribution in [3.05, 3.63) is 39.9 Å². The number of nitrogens with one attached hydrogen (secondary N) is 1. The molecule has 1 unspecified atom stereocenters. The van der Waals surface area contributed by atoms with Crippen molar-refractivity contribution < 1.29 is 9.72 Å². The Morgan fingerprint density at radius 1 is 1.39 bits per heavy atom. The van der Waals surface area contributed by atoms with Gasteiger partial charge in [-0.2, -0.15) is 10.2 Å². The van der Waals surface area contributed by atoms with Gasteiger partial charge < -0.3 is 5.32 Å². The van der Waals surface area contributed by atoms with Crippen molar-refractivity contribution in [1.29, 1.82) is 0 Å². The lowest BCUT2D eigenvalue weighted by molar-refractivity contribution is -0.385. The lowest BCUT2D eigenvalue weighted by Crippen LogP contribution is -2.32. The first kappa shape index (κ1) is 16.9. The molecule has 0 aromatic carbocycles. The molecule has 2 aromatic rings. The molecule has 0 aliphatic heterocycles. The summed E-state index contributed by atoms with van der Waals surface area (Å²) >= 11 is 5.76. The van der Waals surface area contributed by atoms with Crippen LogP contribution in [0, 0.1) is 16.0 Å². The van der Waals surface area contributed by atoms with Crippen molar-refractivity contribution in [2.24, 2.45) is 5.92 Å². The van der Waals surface area contributed by atoms with Crippen LogP contribution in [0.25, 0.3) is 0 Å². The molecule has 2 heterocycles. The van der Waals surface area contributed by atoms with E-state index in [1.54, 1.807) is 24.0 Å². The Kier molecular flexibility index (Phi) is 5.69. The maximum absolute atomic E-state index is 12.0. The van der Waals surface area contributed by atoms with Crippen molar-refractivity contribution in [1.82, 2.24) is 24.9 Å². The predicted octanol–water partition coefficient (Wildman–Crippen LogP) is 1.48. The Morgan fingerprint density at radius 2 is 2.13 bits per heavy atom. The molecule has 1 atom stereocenters. The SMILES string of the molecule is CC(Cn1cc([N+](=O)[O-])cn1)C(=O)NCCCn1cc(Cl)cn1. The van der Waals surface area contributed by atoms with Gasteiger partial charge >= 0.3 is 5.69 Å². The van der Waals surface area contributed by atoms with Crippen molar-refractivity contribution in [2.75, 3.05) is 6.54 Å². The Labute approximate surface area is 137 Å². The number of rotatable bonds is 8. The lowest BCUT2D eigenvalue weighted by Gasteiger charge is -2.12. The van der Waals surface area contributed by atoms with Crippen LogP contribution < -0.4 is 5.32 Å². The Bertz CT molecular complexity index is 683. The van der Waals surface area contributed by atoms with E-state index in [0.29, 0.717) is 18.1 Å². The van der Waals surface area contributed by atoms with E-state index in [1.807, 2.05) is 0 Å². The van der Waals surface area contributed by atoms with Crippen LogP contribution in [0.4, 0.5) is 5.69 Å². The van der Waals surface area contributed by atoms with Crippen LogP contribution in [0.15, 0.2) is 24.8 Å². The molecule has 0 bridgehead atoms. The van der Waals surface area contributed by atoms with Crippen molar-refractivity contribution in [3.8, 4) is 0 Å². The Morgan fingerprint density at radius 3 is 2.74 bits per heavy atom. The predicted molar refractivity (Wildman–Crippen MR) is 82.9 cm³/mol. The van der Waals surface area contributed by atoms with E-state index < -0.39 is 4.92 Å². The number of carbonyl (C=O) groups is 1. The molecular formula is C13H17ClN6O3. The molecule has 9 nitrogen and oxygen atoms in total. The van der Waals surface area contributed by atoms with E-state index in [9.17, 15) is 14.9 Å². The third-order valence-electron chi connectivity index (χ3n) is 3.20. The van der Waals surface area contributed by atoms with Crippen LogP contribution in [-0.4, -0.2) is 36.9 Å². The van der Waals surface area contributed by atoms with Gasteiger partial charge in [-0.1, -0.05) is 18.5 Å². The third kappa shape index (κ3) is 5.06. The lowest BCUT2D eigenvalue weighted by atomic mass is 10.1. The first-order valence-corrected chi connectivity index (χ1v) is 7.46. The quantitative estimate of drug-likeness (QED) is 0.445. The fourth-order valence-electron chi connectivity index (χ4n) is 2.00. The number of nitro groups is 1. The average Bonchev–Trinajstić information content (AvgIpc) is 3.12. The number of hydrogen-bond donors (Lipinski definition) is 1. The van der Waals surface area contributed by atoms with Crippen molar-refractivity contribution >= 4 is 23.2 Å². The minimum atomic E-state index is -0.518. The molecule has 1 N–H and O–H groups in total. The maximum Gasteiger partial charge on any atom is 0.306 e. The van der Waals surface area contributed by atoms with Crippen LogP contribution in [0.3, 0.4) is 0 Å². The zero-order valence-electron chi connectivity index (χ0n) is 12.6. The highest BCUT2D eigenvalue weighted by Gasteiger charge is 2.16. The van der Waals surface area contributed by atoms with Gasteiger partial charge in [-0.15, -0.1) is 0 Å². The van der Waals surface area contributed by atoms with E-state index in [1.165, 1.54) is 17.1 Å². The topological polar surface area (TPSA) is 108 Å². The second-order valence-corrected chi connectivity index (χ2v) is 5.58. The third-order valence-corrected chi connectivity index (χ3v) is 3.40. The highest BCUT2D eigenvalue weighted by Crippen LogP contribution is 2.10. The van der Waals surface area contributed by atoms with Crippen LogP contribution in [0.2, 0.25) is 5.02 Å². The largest absolute Gasteiger partial charge is 0.356 e. The Hall–Kier alpha value is -2.42. The van der Waals surface area contributed by atoms with Crippen LogP contribution in [0.5, 0.6) is 0 Å². The molecule has 2 aromatic heterocycles. The van der Waals surface area contributed by atoms with Gasteiger partial charge in [0.05, 0.1) is 28.6 Å².